The molecule has 0 saturated carbocycles. The van der Waals surface area contributed by atoms with Crippen molar-refractivity contribution in [1.82, 2.24) is 20.0 Å². The molecule has 0 aliphatic carbocycles. The zero-order chi connectivity index (χ0) is 22.3. The van der Waals surface area contributed by atoms with Crippen molar-refractivity contribution in [3.63, 3.8) is 0 Å². The summed E-state index contributed by atoms with van der Waals surface area (Å²) in [4.78, 5) is 1.02. The van der Waals surface area contributed by atoms with Crippen molar-refractivity contribution in [1.29, 1.82) is 0 Å². The Kier molecular flexibility index (Phi) is 6.52. The second-order valence-electron chi connectivity index (χ2n) is 7.91. The lowest BCUT2D eigenvalue weighted by atomic mass is 9.98. The molecule has 4 nitrogen and oxygen atoms in total. The van der Waals surface area contributed by atoms with E-state index in [2.05, 4.69) is 59.0 Å². The molecule has 4 aromatic rings. The lowest BCUT2D eigenvalue weighted by molar-refractivity contribution is 0.578. The van der Waals surface area contributed by atoms with Crippen LogP contribution in [0.4, 0.5) is 0 Å². The summed E-state index contributed by atoms with van der Waals surface area (Å²) in [7, 11) is 0. The largest absolute Gasteiger partial charge is 0.230 e. The number of nitrogens with zero attached hydrogens (tertiary/aromatic N) is 4. The van der Waals surface area contributed by atoms with Gasteiger partial charge in [-0.05, 0) is 36.6 Å². The van der Waals surface area contributed by atoms with Crippen molar-refractivity contribution >= 4 is 62.2 Å². The molecule has 2 aromatic heterocycles. The molecule has 0 N–H and O–H groups in total. The first-order valence-electron chi connectivity index (χ1n) is 9.42. The second kappa shape index (κ2) is 8.87. The van der Waals surface area contributed by atoms with Crippen LogP contribution in [-0.2, 0) is 5.41 Å². The van der Waals surface area contributed by atoms with E-state index in [1.165, 1.54) is 0 Å². The third kappa shape index (κ3) is 4.57. The van der Waals surface area contributed by atoms with Gasteiger partial charge in [-0.25, -0.2) is 4.68 Å². The monoisotopic (exact) mass is 552 g/mol. The van der Waals surface area contributed by atoms with E-state index >= 15 is 0 Å². The van der Waals surface area contributed by atoms with Crippen molar-refractivity contribution < 1.29 is 0 Å². The summed E-state index contributed by atoms with van der Waals surface area (Å²) in [5.74, 6) is 0. The second-order valence-corrected chi connectivity index (χ2v) is 11.5. The van der Waals surface area contributed by atoms with Gasteiger partial charge in [-0.3, -0.25) is 0 Å². The fourth-order valence-corrected chi connectivity index (χ4v) is 5.49. The summed E-state index contributed by atoms with van der Waals surface area (Å²) in [5.41, 5.74) is 3.45. The van der Waals surface area contributed by atoms with E-state index in [1.807, 2.05) is 35.2 Å². The zero-order valence-electron chi connectivity index (χ0n) is 17.3. The Morgan fingerprint density at radius 1 is 1.03 bits per heavy atom. The minimum Gasteiger partial charge on any atom is -0.230 e. The van der Waals surface area contributed by atoms with Crippen LogP contribution in [0.1, 0.15) is 25.8 Å². The third-order valence-corrected chi connectivity index (χ3v) is 7.79. The Morgan fingerprint density at radius 2 is 1.74 bits per heavy atom. The van der Waals surface area contributed by atoms with Crippen molar-refractivity contribution in [2.24, 2.45) is 0 Å². The molecule has 2 aromatic carbocycles. The standard InChI is InChI=1S/C22H19BrCl2N4S2/c1-22(2,3)21-27-26-20(31-21)17-19(30-4)18(12-5-7-13(23)8-6-12)29(28-17)16-10-9-14(24)11-15(16)25/h5-11H,1-4H3. The first-order chi connectivity index (χ1) is 14.7. The van der Waals surface area contributed by atoms with Gasteiger partial charge < -0.3 is 0 Å². The highest BCUT2D eigenvalue weighted by Gasteiger charge is 2.26. The highest BCUT2D eigenvalue weighted by molar-refractivity contribution is 9.10. The van der Waals surface area contributed by atoms with E-state index in [-0.39, 0.29) is 5.41 Å². The Balaban J connectivity index is 1.99. The van der Waals surface area contributed by atoms with E-state index in [9.17, 15) is 0 Å². The molecule has 0 aliphatic heterocycles. The number of aromatic nitrogens is 4. The minimum atomic E-state index is -0.0774. The van der Waals surface area contributed by atoms with Gasteiger partial charge in [0.05, 0.1) is 21.3 Å². The molecule has 9 heteroatoms. The number of hydrogen-bond acceptors (Lipinski definition) is 5. The topological polar surface area (TPSA) is 43.6 Å². The zero-order valence-corrected chi connectivity index (χ0v) is 22.0. The number of rotatable bonds is 4. The smallest absolute Gasteiger partial charge is 0.169 e. The van der Waals surface area contributed by atoms with Gasteiger partial charge in [0.1, 0.15) is 10.7 Å². The molecule has 0 unspecified atom stereocenters. The lowest BCUT2D eigenvalue weighted by Crippen LogP contribution is -2.10. The maximum absolute atomic E-state index is 6.58. The average Bonchev–Trinajstić information content (AvgIpc) is 3.33. The maximum atomic E-state index is 6.58. The third-order valence-electron chi connectivity index (χ3n) is 4.57. The van der Waals surface area contributed by atoms with E-state index < -0.39 is 0 Å². The molecule has 0 aliphatic rings. The van der Waals surface area contributed by atoms with Gasteiger partial charge in [-0.1, -0.05) is 83.4 Å². The summed E-state index contributed by atoms with van der Waals surface area (Å²) >= 11 is 19.4. The number of thioether (sulfide) groups is 1. The van der Waals surface area contributed by atoms with E-state index in [0.717, 1.165) is 42.0 Å². The molecule has 4 rings (SSSR count). The fourth-order valence-electron chi connectivity index (χ4n) is 3.05. The Hall–Kier alpha value is -1.38. The summed E-state index contributed by atoms with van der Waals surface area (Å²) in [6.07, 6.45) is 2.04. The quantitative estimate of drug-likeness (QED) is 0.239. The van der Waals surface area contributed by atoms with Crippen LogP contribution < -0.4 is 0 Å². The summed E-state index contributed by atoms with van der Waals surface area (Å²) < 4.78 is 2.89. The summed E-state index contributed by atoms with van der Waals surface area (Å²) in [5, 5.41) is 16.7. The van der Waals surface area contributed by atoms with Crippen LogP contribution in [0, 0.1) is 0 Å². The van der Waals surface area contributed by atoms with Gasteiger partial charge in [-0.2, -0.15) is 5.10 Å². The number of benzene rings is 2. The average molecular weight is 554 g/mol. The number of halogens is 3. The Morgan fingerprint density at radius 3 is 2.32 bits per heavy atom. The molecular formula is C22H19BrCl2N4S2. The molecule has 0 fully saturated rings. The van der Waals surface area contributed by atoms with Crippen molar-refractivity contribution in [3.05, 3.63) is 62.0 Å². The maximum Gasteiger partial charge on any atom is 0.169 e. The molecule has 2 heterocycles. The van der Waals surface area contributed by atoms with Crippen LogP contribution in [0.15, 0.2) is 51.8 Å². The van der Waals surface area contributed by atoms with Crippen LogP contribution in [-0.4, -0.2) is 26.2 Å². The number of hydrogen-bond donors (Lipinski definition) is 0. The van der Waals surface area contributed by atoms with Crippen molar-refractivity contribution in [2.45, 2.75) is 31.1 Å². The van der Waals surface area contributed by atoms with Gasteiger partial charge >= 0.3 is 0 Å². The molecule has 0 radical (unpaired) electrons. The molecule has 0 saturated heterocycles. The molecule has 160 valence electrons. The van der Waals surface area contributed by atoms with E-state index in [1.54, 1.807) is 29.2 Å². The van der Waals surface area contributed by atoms with Gasteiger partial charge in [0.2, 0.25) is 0 Å². The Bertz CT molecular complexity index is 1240. The van der Waals surface area contributed by atoms with Gasteiger partial charge in [-0.15, -0.1) is 22.0 Å². The van der Waals surface area contributed by atoms with Crippen LogP contribution in [0.3, 0.4) is 0 Å². The first-order valence-corrected chi connectivity index (χ1v) is 13.0. The molecule has 0 atom stereocenters. The van der Waals surface area contributed by atoms with Crippen LogP contribution in [0.2, 0.25) is 10.0 Å². The minimum absolute atomic E-state index is 0.0774. The van der Waals surface area contributed by atoms with E-state index in [0.29, 0.717) is 10.0 Å². The highest BCUT2D eigenvalue weighted by atomic mass is 79.9. The summed E-state index contributed by atoms with van der Waals surface area (Å²) in [6, 6.07) is 13.6. The van der Waals surface area contributed by atoms with E-state index in [4.69, 9.17) is 28.3 Å². The lowest BCUT2D eigenvalue weighted by Gasteiger charge is -2.12. The molecule has 0 spiro atoms. The van der Waals surface area contributed by atoms with Gasteiger partial charge in [0.15, 0.2) is 5.01 Å². The van der Waals surface area contributed by atoms with Gasteiger partial charge in [0.25, 0.3) is 0 Å². The molecule has 31 heavy (non-hydrogen) atoms. The summed E-state index contributed by atoms with van der Waals surface area (Å²) in [6.45, 7) is 6.39. The van der Waals surface area contributed by atoms with Gasteiger partial charge in [0, 0.05) is 20.5 Å². The molecule has 0 amide bonds. The van der Waals surface area contributed by atoms with Crippen molar-refractivity contribution in [3.8, 4) is 27.6 Å². The predicted octanol–water partition coefficient (Wildman–Crippen LogP) is 8.15. The fraction of sp³-hybridized carbons (Fsp3) is 0.227. The van der Waals surface area contributed by atoms with Crippen LogP contribution in [0.5, 0.6) is 0 Å². The SMILES string of the molecule is CSc1c(-c2nnc(C(C)(C)C)s2)nn(-c2ccc(Cl)cc2Cl)c1-c1ccc(Br)cc1. The Labute approximate surface area is 208 Å². The van der Waals surface area contributed by atoms with Crippen LogP contribution in [0.25, 0.3) is 27.6 Å². The molecule has 0 bridgehead atoms. The molecular weight excluding hydrogens is 535 g/mol. The highest BCUT2D eigenvalue weighted by Crippen LogP contribution is 2.42. The van der Waals surface area contributed by atoms with Crippen molar-refractivity contribution in [2.75, 3.05) is 6.26 Å². The predicted molar refractivity (Wildman–Crippen MR) is 136 cm³/mol. The normalized spacial score (nSPS) is 11.8. The van der Waals surface area contributed by atoms with Crippen LogP contribution >= 0.6 is 62.2 Å². The first kappa shape index (κ1) is 22.8.